The van der Waals surface area contributed by atoms with E-state index in [1.807, 2.05) is 48.5 Å². The molecule has 0 aliphatic carbocycles. The summed E-state index contributed by atoms with van der Waals surface area (Å²) in [4.78, 5) is 28.4. The fourth-order valence-corrected chi connectivity index (χ4v) is 5.38. The average molecular weight is 435 g/mol. The zero-order valence-electron chi connectivity index (χ0n) is 16.4. The molecule has 0 saturated carbocycles. The molecule has 0 fully saturated rings. The van der Waals surface area contributed by atoms with E-state index in [-0.39, 0.29) is 11.9 Å². The summed E-state index contributed by atoms with van der Waals surface area (Å²) in [7, 11) is 2.77. The van der Waals surface area contributed by atoms with Crippen molar-refractivity contribution >= 4 is 34.6 Å². The second kappa shape index (κ2) is 8.65. The summed E-state index contributed by atoms with van der Waals surface area (Å²) in [6.45, 7) is 0. The largest absolute Gasteiger partial charge is 0.465 e. The lowest BCUT2D eigenvalue weighted by atomic mass is 10.1. The summed E-state index contributed by atoms with van der Waals surface area (Å²) < 4.78 is 9.82. The molecular weight excluding hydrogens is 416 g/mol. The van der Waals surface area contributed by atoms with E-state index in [0.29, 0.717) is 11.1 Å². The van der Waals surface area contributed by atoms with Gasteiger partial charge in [-0.2, -0.15) is 0 Å². The minimum Gasteiger partial charge on any atom is -0.465 e. The molecule has 4 rings (SSSR count). The lowest BCUT2D eigenvalue weighted by Gasteiger charge is -2.05. The van der Waals surface area contributed by atoms with Crippen LogP contribution in [0.25, 0.3) is 30.6 Å². The molecule has 0 aliphatic rings. The molecule has 0 saturated heterocycles. The van der Waals surface area contributed by atoms with Crippen LogP contribution in [0.1, 0.15) is 20.7 Å². The van der Waals surface area contributed by atoms with E-state index in [0.717, 1.165) is 30.6 Å². The first-order chi connectivity index (χ1) is 14.6. The maximum atomic E-state index is 12.1. The van der Waals surface area contributed by atoms with Crippen LogP contribution in [0, 0.1) is 0 Å². The van der Waals surface area contributed by atoms with Crippen molar-refractivity contribution in [3.8, 4) is 30.6 Å². The number of carbonyl (C=O) groups is 2. The fourth-order valence-electron chi connectivity index (χ4n) is 3.20. The summed E-state index contributed by atoms with van der Waals surface area (Å²) in [6, 6.07) is 23.0. The molecule has 6 heteroatoms. The third kappa shape index (κ3) is 3.79. The van der Waals surface area contributed by atoms with Crippen molar-refractivity contribution in [1.82, 2.24) is 0 Å². The zero-order chi connectivity index (χ0) is 21.1. The highest BCUT2D eigenvalue weighted by Crippen LogP contribution is 2.41. The predicted molar refractivity (Wildman–Crippen MR) is 121 cm³/mol. The molecule has 4 nitrogen and oxygen atoms in total. The Kier molecular flexibility index (Phi) is 5.79. The third-order valence-corrected chi connectivity index (χ3v) is 7.08. The molecule has 0 radical (unpaired) electrons. The number of rotatable bonds is 5. The number of benzene rings is 2. The van der Waals surface area contributed by atoms with E-state index in [1.54, 1.807) is 34.8 Å². The molecule has 2 aromatic carbocycles. The number of hydrogen-bond acceptors (Lipinski definition) is 6. The number of carbonyl (C=O) groups excluding carboxylic acids is 2. The Balaban J connectivity index is 1.69. The standard InChI is InChI=1S/C24H18O4S2/c1-27-23(25)17-9-5-3-7-15(17)19-11-13-21(29-19)22-14-12-20(30-22)16-8-4-6-10-18(16)24(26)28-2/h3-14H,1-2H3. The quantitative estimate of drug-likeness (QED) is 0.342. The molecular formula is C24H18O4S2. The summed E-state index contributed by atoms with van der Waals surface area (Å²) >= 11 is 3.23. The number of methoxy groups -OCH3 is 2. The van der Waals surface area contributed by atoms with Gasteiger partial charge in [0.15, 0.2) is 0 Å². The topological polar surface area (TPSA) is 52.6 Å². The summed E-state index contributed by atoms with van der Waals surface area (Å²) in [5.41, 5.74) is 2.81. The van der Waals surface area contributed by atoms with E-state index >= 15 is 0 Å². The van der Waals surface area contributed by atoms with Crippen molar-refractivity contribution in [2.24, 2.45) is 0 Å². The Morgan fingerprint density at radius 2 is 0.933 bits per heavy atom. The summed E-state index contributed by atoms with van der Waals surface area (Å²) in [5.74, 6) is -0.697. The van der Waals surface area contributed by atoms with Gasteiger partial charge in [0.25, 0.3) is 0 Å². The summed E-state index contributed by atoms with van der Waals surface area (Å²) in [6.07, 6.45) is 0. The van der Waals surface area contributed by atoms with Crippen LogP contribution in [0.4, 0.5) is 0 Å². The highest BCUT2D eigenvalue weighted by Gasteiger charge is 2.17. The second-order valence-electron chi connectivity index (χ2n) is 6.40. The van der Waals surface area contributed by atoms with Crippen LogP contribution in [0.15, 0.2) is 72.8 Å². The molecule has 2 aromatic heterocycles. The first-order valence-corrected chi connectivity index (χ1v) is 10.8. The van der Waals surface area contributed by atoms with E-state index in [4.69, 9.17) is 9.47 Å². The van der Waals surface area contributed by atoms with E-state index in [1.165, 1.54) is 14.2 Å². The maximum Gasteiger partial charge on any atom is 0.338 e. The van der Waals surface area contributed by atoms with Crippen molar-refractivity contribution in [2.75, 3.05) is 14.2 Å². The molecule has 0 atom stereocenters. The Morgan fingerprint density at radius 1 is 0.567 bits per heavy atom. The number of thiophene rings is 2. The van der Waals surface area contributed by atoms with Gasteiger partial charge in [-0.05, 0) is 36.4 Å². The van der Waals surface area contributed by atoms with Gasteiger partial charge in [0.2, 0.25) is 0 Å². The molecule has 150 valence electrons. The fraction of sp³-hybridized carbons (Fsp3) is 0.0833. The Bertz CT molecular complexity index is 1120. The second-order valence-corrected chi connectivity index (χ2v) is 8.57. The normalized spacial score (nSPS) is 10.6. The minimum atomic E-state index is -0.349. The van der Waals surface area contributed by atoms with Gasteiger partial charge >= 0.3 is 11.9 Å². The van der Waals surface area contributed by atoms with Gasteiger partial charge in [-0.15, -0.1) is 22.7 Å². The van der Waals surface area contributed by atoms with Crippen molar-refractivity contribution in [1.29, 1.82) is 0 Å². The molecule has 4 aromatic rings. The molecule has 0 spiro atoms. The van der Waals surface area contributed by atoms with Crippen LogP contribution in [0.2, 0.25) is 0 Å². The molecule has 30 heavy (non-hydrogen) atoms. The number of ether oxygens (including phenoxy) is 2. The van der Waals surface area contributed by atoms with E-state index in [2.05, 4.69) is 12.1 Å². The number of hydrogen-bond donors (Lipinski definition) is 0. The maximum absolute atomic E-state index is 12.1. The Hall–Kier alpha value is -3.22. The predicted octanol–water partition coefficient (Wildman–Crippen LogP) is 6.38. The third-order valence-electron chi connectivity index (χ3n) is 4.65. The SMILES string of the molecule is COC(=O)c1ccccc1-c1ccc(-c2ccc(-c3ccccc3C(=O)OC)s2)s1. The van der Waals surface area contributed by atoms with Gasteiger partial charge in [0.1, 0.15) is 0 Å². The van der Waals surface area contributed by atoms with Crippen molar-refractivity contribution < 1.29 is 19.1 Å². The minimum absolute atomic E-state index is 0.349. The Labute approximate surface area is 182 Å². The Morgan fingerprint density at radius 3 is 1.33 bits per heavy atom. The van der Waals surface area contributed by atoms with Crippen LogP contribution in [0.5, 0.6) is 0 Å². The van der Waals surface area contributed by atoms with Gasteiger partial charge in [0, 0.05) is 30.6 Å². The molecule has 0 bridgehead atoms. The van der Waals surface area contributed by atoms with E-state index in [9.17, 15) is 9.59 Å². The van der Waals surface area contributed by atoms with Crippen LogP contribution in [-0.4, -0.2) is 26.2 Å². The van der Waals surface area contributed by atoms with Crippen LogP contribution < -0.4 is 0 Å². The van der Waals surface area contributed by atoms with Crippen molar-refractivity contribution in [3.63, 3.8) is 0 Å². The monoisotopic (exact) mass is 434 g/mol. The van der Waals surface area contributed by atoms with Gasteiger partial charge < -0.3 is 9.47 Å². The lowest BCUT2D eigenvalue weighted by molar-refractivity contribution is 0.0592. The van der Waals surface area contributed by atoms with Crippen LogP contribution in [0.3, 0.4) is 0 Å². The van der Waals surface area contributed by atoms with Crippen LogP contribution in [-0.2, 0) is 9.47 Å². The van der Waals surface area contributed by atoms with Crippen molar-refractivity contribution in [2.45, 2.75) is 0 Å². The zero-order valence-corrected chi connectivity index (χ0v) is 18.0. The molecule has 0 N–H and O–H groups in total. The van der Waals surface area contributed by atoms with Gasteiger partial charge in [-0.1, -0.05) is 36.4 Å². The van der Waals surface area contributed by atoms with E-state index < -0.39 is 0 Å². The average Bonchev–Trinajstić information content (AvgIpc) is 3.48. The highest BCUT2D eigenvalue weighted by molar-refractivity contribution is 7.25. The molecule has 0 aliphatic heterocycles. The highest BCUT2D eigenvalue weighted by atomic mass is 32.1. The first-order valence-electron chi connectivity index (χ1n) is 9.18. The van der Waals surface area contributed by atoms with Gasteiger partial charge in [-0.3, -0.25) is 0 Å². The lowest BCUT2D eigenvalue weighted by Crippen LogP contribution is -2.02. The number of esters is 2. The van der Waals surface area contributed by atoms with Gasteiger partial charge in [0.05, 0.1) is 25.3 Å². The molecule has 0 amide bonds. The van der Waals surface area contributed by atoms with Crippen LogP contribution >= 0.6 is 22.7 Å². The smallest absolute Gasteiger partial charge is 0.338 e. The molecule has 2 heterocycles. The molecule has 0 unspecified atom stereocenters. The van der Waals surface area contributed by atoms with Crippen molar-refractivity contribution in [3.05, 3.63) is 83.9 Å². The summed E-state index contributed by atoms with van der Waals surface area (Å²) in [5, 5.41) is 0. The van der Waals surface area contributed by atoms with Gasteiger partial charge in [-0.25, -0.2) is 9.59 Å². The first kappa shape index (κ1) is 20.1.